The maximum atomic E-state index is 12.6. The van der Waals surface area contributed by atoms with Gasteiger partial charge in [0.1, 0.15) is 5.52 Å². The smallest absolute Gasteiger partial charge is 0.283 e. The minimum absolute atomic E-state index is 0.110. The first-order chi connectivity index (χ1) is 11.2. The Morgan fingerprint density at radius 2 is 1.96 bits per heavy atom. The predicted octanol–water partition coefficient (Wildman–Crippen LogP) is 1.39. The molecule has 1 N–H and O–H groups in total. The van der Waals surface area contributed by atoms with E-state index in [1.54, 1.807) is 18.3 Å². The summed E-state index contributed by atoms with van der Waals surface area (Å²) in [6.07, 6.45) is 2.28. The van der Waals surface area contributed by atoms with Crippen LogP contribution < -0.4 is 10.9 Å². The first kappa shape index (κ1) is 14.9. The van der Waals surface area contributed by atoms with Gasteiger partial charge in [-0.05, 0) is 24.1 Å². The van der Waals surface area contributed by atoms with E-state index in [1.165, 1.54) is 11.6 Å². The highest BCUT2D eigenvalue weighted by atomic mass is 16.2. The zero-order valence-electron chi connectivity index (χ0n) is 12.7. The van der Waals surface area contributed by atoms with Crippen LogP contribution in [0, 0.1) is 0 Å². The van der Waals surface area contributed by atoms with Crippen molar-refractivity contribution in [3.05, 3.63) is 70.3 Å². The third-order valence-electron chi connectivity index (χ3n) is 3.61. The van der Waals surface area contributed by atoms with Crippen LogP contribution in [0.1, 0.15) is 16.1 Å². The lowest BCUT2D eigenvalue weighted by molar-refractivity contribution is 0.0956. The molecule has 0 radical (unpaired) electrons. The van der Waals surface area contributed by atoms with Crippen molar-refractivity contribution >= 4 is 17.1 Å². The molecule has 0 saturated heterocycles. The van der Waals surface area contributed by atoms with Crippen LogP contribution in [0.3, 0.4) is 0 Å². The van der Waals surface area contributed by atoms with Gasteiger partial charge in [-0.2, -0.15) is 0 Å². The van der Waals surface area contributed by atoms with Crippen LogP contribution in [0.4, 0.5) is 0 Å². The standard InChI is InChI=1S/C17H16N4O2/c1-18-16(22)14-17(23)21(11-9-12-6-3-2-4-7-12)15-13(20-14)8-5-10-19-15/h2-8,10H,9,11H2,1H3,(H,18,22). The minimum Gasteiger partial charge on any atom is -0.354 e. The molecule has 2 heterocycles. The number of fused-ring (bicyclic) bond motifs is 1. The Bertz CT molecular complexity index is 903. The molecular weight excluding hydrogens is 292 g/mol. The number of nitrogens with zero attached hydrogens (tertiary/aromatic N) is 3. The predicted molar refractivity (Wildman–Crippen MR) is 87.3 cm³/mol. The van der Waals surface area contributed by atoms with Crippen LogP contribution in [-0.2, 0) is 13.0 Å². The van der Waals surface area contributed by atoms with E-state index in [1.807, 2.05) is 30.3 Å². The second kappa shape index (κ2) is 6.39. The SMILES string of the molecule is CNC(=O)c1nc2cccnc2n(CCc2ccccc2)c1=O. The molecule has 1 amide bonds. The number of amides is 1. The van der Waals surface area contributed by atoms with Crippen molar-refractivity contribution in [3.63, 3.8) is 0 Å². The summed E-state index contributed by atoms with van der Waals surface area (Å²) in [4.78, 5) is 32.9. The Morgan fingerprint density at radius 1 is 1.17 bits per heavy atom. The summed E-state index contributed by atoms with van der Waals surface area (Å²) >= 11 is 0. The summed E-state index contributed by atoms with van der Waals surface area (Å²) in [5.41, 5.74) is 1.59. The van der Waals surface area contributed by atoms with E-state index in [0.29, 0.717) is 24.1 Å². The summed E-state index contributed by atoms with van der Waals surface area (Å²) in [7, 11) is 1.48. The third kappa shape index (κ3) is 2.96. The molecule has 0 aliphatic rings. The Kier molecular flexibility index (Phi) is 4.14. The normalized spacial score (nSPS) is 10.7. The van der Waals surface area contributed by atoms with Gasteiger partial charge in [0.2, 0.25) is 0 Å². The molecule has 0 fully saturated rings. The van der Waals surface area contributed by atoms with Gasteiger partial charge < -0.3 is 5.32 Å². The van der Waals surface area contributed by atoms with Crippen molar-refractivity contribution in [2.45, 2.75) is 13.0 Å². The van der Waals surface area contributed by atoms with E-state index in [9.17, 15) is 9.59 Å². The van der Waals surface area contributed by atoms with Gasteiger partial charge in [-0.25, -0.2) is 9.97 Å². The lowest BCUT2D eigenvalue weighted by Gasteiger charge is -2.11. The van der Waals surface area contributed by atoms with Crippen molar-refractivity contribution in [1.29, 1.82) is 0 Å². The highest BCUT2D eigenvalue weighted by Crippen LogP contribution is 2.09. The Labute approximate surface area is 132 Å². The Hall–Kier alpha value is -3.02. The van der Waals surface area contributed by atoms with Crippen LogP contribution in [0.5, 0.6) is 0 Å². The van der Waals surface area contributed by atoms with Crippen molar-refractivity contribution in [1.82, 2.24) is 19.9 Å². The molecule has 6 nitrogen and oxygen atoms in total. The molecule has 23 heavy (non-hydrogen) atoms. The molecule has 0 atom stereocenters. The first-order valence-corrected chi connectivity index (χ1v) is 7.32. The summed E-state index contributed by atoms with van der Waals surface area (Å²) in [6.45, 7) is 0.433. The number of hydrogen-bond acceptors (Lipinski definition) is 4. The van der Waals surface area contributed by atoms with E-state index in [-0.39, 0.29) is 5.69 Å². The highest BCUT2D eigenvalue weighted by Gasteiger charge is 2.16. The maximum absolute atomic E-state index is 12.6. The van der Waals surface area contributed by atoms with Crippen molar-refractivity contribution in [2.75, 3.05) is 7.05 Å². The maximum Gasteiger partial charge on any atom is 0.283 e. The van der Waals surface area contributed by atoms with Crippen LogP contribution in [0.25, 0.3) is 11.2 Å². The fourth-order valence-electron chi connectivity index (χ4n) is 2.44. The van der Waals surface area contributed by atoms with Gasteiger partial charge in [-0.1, -0.05) is 30.3 Å². The molecule has 2 aromatic heterocycles. The number of carbonyl (C=O) groups is 1. The average molecular weight is 308 g/mol. The summed E-state index contributed by atoms with van der Waals surface area (Å²) in [6, 6.07) is 13.3. The van der Waals surface area contributed by atoms with Gasteiger partial charge in [-0.15, -0.1) is 0 Å². The summed E-state index contributed by atoms with van der Waals surface area (Å²) < 4.78 is 1.51. The van der Waals surface area contributed by atoms with E-state index in [2.05, 4.69) is 15.3 Å². The highest BCUT2D eigenvalue weighted by molar-refractivity contribution is 5.93. The molecule has 6 heteroatoms. The van der Waals surface area contributed by atoms with Gasteiger partial charge in [0.25, 0.3) is 11.5 Å². The fourth-order valence-corrected chi connectivity index (χ4v) is 2.44. The minimum atomic E-state index is -0.491. The lowest BCUT2D eigenvalue weighted by Crippen LogP contribution is -2.33. The van der Waals surface area contributed by atoms with Gasteiger partial charge >= 0.3 is 0 Å². The van der Waals surface area contributed by atoms with Gasteiger partial charge in [0.05, 0.1) is 0 Å². The molecule has 0 spiro atoms. The topological polar surface area (TPSA) is 76.9 Å². The van der Waals surface area contributed by atoms with Gasteiger partial charge in [0.15, 0.2) is 11.3 Å². The summed E-state index contributed by atoms with van der Waals surface area (Å²) in [5, 5.41) is 2.45. The second-order valence-electron chi connectivity index (χ2n) is 5.08. The Balaban J connectivity index is 2.08. The summed E-state index contributed by atoms with van der Waals surface area (Å²) in [5.74, 6) is -0.491. The molecule has 3 rings (SSSR count). The molecule has 0 aliphatic heterocycles. The first-order valence-electron chi connectivity index (χ1n) is 7.32. The van der Waals surface area contributed by atoms with Crippen molar-refractivity contribution in [3.8, 4) is 0 Å². The molecule has 0 bridgehead atoms. The zero-order chi connectivity index (χ0) is 16.2. The van der Waals surface area contributed by atoms with Crippen molar-refractivity contribution < 1.29 is 4.79 Å². The number of pyridine rings is 1. The number of rotatable bonds is 4. The largest absolute Gasteiger partial charge is 0.354 e. The van der Waals surface area contributed by atoms with Crippen LogP contribution in [0.15, 0.2) is 53.5 Å². The molecule has 0 aliphatic carbocycles. The van der Waals surface area contributed by atoms with E-state index < -0.39 is 11.5 Å². The second-order valence-corrected chi connectivity index (χ2v) is 5.08. The van der Waals surface area contributed by atoms with Gasteiger partial charge in [-0.3, -0.25) is 14.2 Å². The monoisotopic (exact) mass is 308 g/mol. The molecule has 1 aromatic carbocycles. The van der Waals surface area contributed by atoms with E-state index >= 15 is 0 Å². The molecule has 116 valence electrons. The molecule has 0 unspecified atom stereocenters. The van der Waals surface area contributed by atoms with E-state index in [0.717, 1.165) is 5.56 Å². The molecule has 0 saturated carbocycles. The van der Waals surface area contributed by atoms with E-state index in [4.69, 9.17) is 0 Å². The lowest BCUT2D eigenvalue weighted by atomic mass is 10.1. The quantitative estimate of drug-likeness (QED) is 0.790. The average Bonchev–Trinajstić information content (AvgIpc) is 2.60. The zero-order valence-corrected chi connectivity index (χ0v) is 12.7. The van der Waals surface area contributed by atoms with Crippen molar-refractivity contribution in [2.24, 2.45) is 0 Å². The van der Waals surface area contributed by atoms with Crippen LogP contribution in [-0.4, -0.2) is 27.5 Å². The molecular formula is C17H16N4O2. The van der Waals surface area contributed by atoms with Crippen LogP contribution >= 0.6 is 0 Å². The number of hydrogen-bond donors (Lipinski definition) is 1. The number of carbonyl (C=O) groups excluding carboxylic acids is 1. The van der Waals surface area contributed by atoms with Crippen LogP contribution in [0.2, 0.25) is 0 Å². The number of nitrogens with one attached hydrogen (secondary N) is 1. The Morgan fingerprint density at radius 3 is 2.70 bits per heavy atom. The number of aromatic nitrogens is 3. The number of benzene rings is 1. The number of aryl methyl sites for hydroxylation is 2. The third-order valence-corrected chi connectivity index (χ3v) is 3.61. The molecule has 3 aromatic rings. The fraction of sp³-hybridized carbons (Fsp3) is 0.176. The van der Waals surface area contributed by atoms with Gasteiger partial charge in [0, 0.05) is 19.8 Å².